The smallest absolute Gasteiger partial charge is 0.207 e. The first-order valence-electron chi connectivity index (χ1n) is 4.81. The highest BCUT2D eigenvalue weighted by Gasteiger charge is 2.32. The van der Waals surface area contributed by atoms with E-state index in [1.807, 2.05) is 0 Å². The van der Waals surface area contributed by atoms with Crippen LogP contribution in [-0.4, -0.2) is 27.2 Å². The molecule has 5 heteroatoms. The molecule has 0 spiro atoms. The fourth-order valence-corrected chi connectivity index (χ4v) is 2.80. The summed E-state index contributed by atoms with van der Waals surface area (Å²) in [6.07, 6.45) is 2.54. The number of aromatic nitrogens is 2. The van der Waals surface area contributed by atoms with E-state index < -0.39 is 0 Å². The number of nitrogens with zero attached hydrogens (tertiary/aromatic N) is 3. The lowest BCUT2D eigenvalue weighted by Gasteiger charge is -2.30. The zero-order valence-corrected chi connectivity index (χ0v) is 10.0. The van der Waals surface area contributed by atoms with Crippen molar-refractivity contribution in [3.05, 3.63) is 9.47 Å². The Kier molecular flexibility index (Phi) is 2.77. The summed E-state index contributed by atoms with van der Waals surface area (Å²) in [5.74, 6) is 0. The zero-order chi connectivity index (χ0) is 10.2. The third-order valence-electron chi connectivity index (χ3n) is 2.84. The summed E-state index contributed by atoms with van der Waals surface area (Å²) >= 11 is 7.22. The monoisotopic (exact) mass is 231 g/mol. The van der Waals surface area contributed by atoms with E-state index in [-0.39, 0.29) is 0 Å². The summed E-state index contributed by atoms with van der Waals surface area (Å²) in [5.41, 5.74) is 0.304. The molecule has 1 aromatic heterocycles. The van der Waals surface area contributed by atoms with Crippen molar-refractivity contribution in [2.45, 2.75) is 38.8 Å². The molecule has 0 N–H and O–H groups in total. The van der Waals surface area contributed by atoms with Gasteiger partial charge in [-0.25, -0.2) is 0 Å². The van der Waals surface area contributed by atoms with Gasteiger partial charge in [-0.05, 0) is 44.8 Å². The molecule has 0 atom stereocenters. The van der Waals surface area contributed by atoms with E-state index in [4.69, 9.17) is 11.6 Å². The zero-order valence-electron chi connectivity index (χ0n) is 8.46. The Balaban J connectivity index is 2.04. The van der Waals surface area contributed by atoms with Gasteiger partial charge in [-0.2, -0.15) is 0 Å². The van der Waals surface area contributed by atoms with Gasteiger partial charge in [0.15, 0.2) is 0 Å². The third kappa shape index (κ3) is 2.07. The molecular formula is C9H14ClN3S. The molecule has 2 rings (SSSR count). The summed E-state index contributed by atoms with van der Waals surface area (Å²) in [4.78, 5) is 2.45. The second kappa shape index (κ2) is 3.76. The van der Waals surface area contributed by atoms with Crippen LogP contribution in [0, 0.1) is 0 Å². The maximum atomic E-state index is 5.74. The van der Waals surface area contributed by atoms with E-state index >= 15 is 0 Å². The van der Waals surface area contributed by atoms with Crippen LogP contribution in [0.2, 0.25) is 4.47 Å². The third-order valence-corrected chi connectivity index (χ3v) is 3.84. The molecule has 0 amide bonds. The molecule has 0 aliphatic carbocycles. The minimum absolute atomic E-state index is 0.304. The first kappa shape index (κ1) is 10.3. The Morgan fingerprint density at radius 3 is 2.79 bits per heavy atom. The van der Waals surface area contributed by atoms with Gasteiger partial charge >= 0.3 is 0 Å². The lowest BCUT2D eigenvalue weighted by molar-refractivity contribution is 0.166. The van der Waals surface area contributed by atoms with Gasteiger partial charge < -0.3 is 0 Å². The van der Waals surface area contributed by atoms with Crippen LogP contribution < -0.4 is 0 Å². The maximum Gasteiger partial charge on any atom is 0.207 e. The van der Waals surface area contributed by atoms with Crippen LogP contribution in [0.4, 0.5) is 0 Å². The van der Waals surface area contributed by atoms with E-state index in [1.54, 1.807) is 0 Å². The molecule has 0 unspecified atom stereocenters. The molecule has 1 aromatic rings. The molecule has 2 heterocycles. The molecule has 1 fully saturated rings. The number of hydrogen-bond donors (Lipinski definition) is 0. The van der Waals surface area contributed by atoms with Crippen LogP contribution in [0.3, 0.4) is 0 Å². The van der Waals surface area contributed by atoms with Gasteiger partial charge in [0.2, 0.25) is 4.47 Å². The van der Waals surface area contributed by atoms with Gasteiger partial charge in [-0.15, -0.1) is 10.2 Å². The fourth-order valence-electron chi connectivity index (χ4n) is 1.92. The Labute approximate surface area is 93.1 Å². The van der Waals surface area contributed by atoms with Gasteiger partial charge in [0.25, 0.3) is 0 Å². The van der Waals surface area contributed by atoms with Crippen LogP contribution >= 0.6 is 22.9 Å². The Hall–Kier alpha value is -0.190. The van der Waals surface area contributed by atoms with Crippen LogP contribution in [0.1, 0.15) is 31.7 Å². The maximum absolute atomic E-state index is 5.74. The van der Waals surface area contributed by atoms with Crippen molar-refractivity contribution < 1.29 is 0 Å². The molecule has 0 saturated carbocycles. The Bertz CT molecular complexity index is 324. The topological polar surface area (TPSA) is 29.0 Å². The van der Waals surface area contributed by atoms with E-state index in [0.29, 0.717) is 10.0 Å². The van der Waals surface area contributed by atoms with Crippen molar-refractivity contribution in [2.24, 2.45) is 0 Å². The SMILES string of the molecule is CC1(C)CCCN1Cc1nnc(Cl)s1. The molecule has 0 radical (unpaired) electrons. The summed E-state index contributed by atoms with van der Waals surface area (Å²) in [6, 6.07) is 0. The van der Waals surface area contributed by atoms with Gasteiger partial charge in [0, 0.05) is 5.54 Å². The van der Waals surface area contributed by atoms with E-state index in [2.05, 4.69) is 28.9 Å². The van der Waals surface area contributed by atoms with Gasteiger partial charge in [0.05, 0.1) is 6.54 Å². The van der Waals surface area contributed by atoms with Crippen LogP contribution in [0.25, 0.3) is 0 Å². The number of halogens is 1. The molecule has 14 heavy (non-hydrogen) atoms. The number of rotatable bonds is 2. The van der Waals surface area contributed by atoms with Crippen LogP contribution in [-0.2, 0) is 6.54 Å². The van der Waals surface area contributed by atoms with Crippen molar-refractivity contribution in [1.82, 2.24) is 15.1 Å². The van der Waals surface area contributed by atoms with Gasteiger partial charge in [-0.3, -0.25) is 4.90 Å². The second-order valence-electron chi connectivity index (χ2n) is 4.29. The Morgan fingerprint density at radius 2 is 2.29 bits per heavy atom. The Morgan fingerprint density at radius 1 is 1.50 bits per heavy atom. The summed E-state index contributed by atoms with van der Waals surface area (Å²) < 4.78 is 0.539. The first-order chi connectivity index (χ1) is 6.58. The average Bonchev–Trinajstić information content (AvgIpc) is 2.61. The average molecular weight is 232 g/mol. The van der Waals surface area contributed by atoms with E-state index in [0.717, 1.165) is 18.1 Å². The van der Waals surface area contributed by atoms with Crippen molar-refractivity contribution in [3.8, 4) is 0 Å². The first-order valence-corrected chi connectivity index (χ1v) is 6.00. The van der Waals surface area contributed by atoms with Crippen LogP contribution in [0.5, 0.6) is 0 Å². The molecular weight excluding hydrogens is 218 g/mol. The van der Waals surface area contributed by atoms with Crippen molar-refractivity contribution >= 4 is 22.9 Å². The van der Waals surface area contributed by atoms with E-state index in [9.17, 15) is 0 Å². The van der Waals surface area contributed by atoms with Crippen molar-refractivity contribution in [3.63, 3.8) is 0 Å². The van der Waals surface area contributed by atoms with E-state index in [1.165, 1.54) is 24.2 Å². The molecule has 1 aliphatic rings. The number of likely N-dealkylation sites (tertiary alicyclic amines) is 1. The molecule has 0 aromatic carbocycles. The molecule has 1 saturated heterocycles. The molecule has 3 nitrogen and oxygen atoms in total. The van der Waals surface area contributed by atoms with Gasteiger partial charge in [-0.1, -0.05) is 11.3 Å². The lowest BCUT2D eigenvalue weighted by atomic mass is 10.0. The number of hydrogen-bond acceptors (Lipinski definition) is 4. The standard InChI is InChI=1S/C9H14ClN3S/c1-9(2)4-3-5-13(9)6-7-11-12-8(10)14-7/h3-6H2,1-2H3. The van der Waals surface area contributed by atoms with Crippen molar-refractivity contribution in [2.75, 3.05) is 6.54 Å². The molecule has 1 aliphatic heterocycles. The summed E-state index contributed by atoms with van der Waals surface area (Å²) in [5, 5.41) is 8.87. The largest absolute Gasteiger partial charge is 0.291 e. The second-order valence-corrected chi connectivity index (χ2v) is 5.93. The fraction of sp³-hybridized carbons (Fsp3) is 0.778. The minimum Gasteiger partial charge on any atom is -0.291 e. The van der Waals surface area contributed by atoms with Crippen LogP contribution in [0.15, 0.2) is 0 Å². The highest BCUT2D eigenvalue weighted by molar-refractivity contribution is 7.15. The quantitative estimate of drug-likeness (QED) is 0.784. The predicted molar refractivity (Wildman–Crippen MR) is 58.6 cm³/mol. The predicted octanol–water partition coefficient (Wildman–Crippen LogP) is 2.57. The lowest BCUT2D eigenvalue weighted by Crippen LogP contribution is -2.37. The highest BCUT2D eigenvalue weighted by Crippen LogP contribution is 2.30. The minimum atomic E-state index is 0.304. The van der Waals surface area contributed by atoms with Crippen molar-refractivity contribution in [1.29, 1.82) is 0 Å². The molecule has 0 bridgehead atoms. The summed E-state index contributed by atoms with van der Waals surface area (Å²) in [6.45, 7) is 6.60. The molecule has 78 valence electrons. The highest BCUT2D eigenvalue weighted by atomic mass is 35.5. The summed E-state index contributed by atoms with van der Waals surface area (Å²) in [7, 11) is 0. The van der Waals surface area contributed by atoms with Gasteiger partial charge in [0.1, 0.15) is 5.01 Å². The normalized spacial score (nSPS) is 21.6.